The Morgan fingerprint density at radius 2 is 0.947 bits per heavy atom. The summed E-state index contributed by atoms with van der Waals surface area (Å²) in [7, 11) is 0. The van der Waals surface area contributed by atoms with Crippen molar-refractivity contribution in [3.63, 3.8) is 0 Å². The van der Waals surface area contributed by atoms with E-state index < -0.39 is 0 Å². The second kappa shape index (κ2) is 6.48. The first kappa shape index (κ1) is 19.2. The van der Waals surface area contributed by atoms with Gasteiger partial charge in [0.15, 0.2) is 0 Å². The predicted octanol–water partition coefficient (Wildman–Crippen LogP) is 7.14. The lowest BCUT2D eigenvalue weighted by Crippen LogP contribution is -2.62. The van der Waals surface area contributed by atoms with Crippen molar-refractivity contribution in [2.24, 2.45) is 0 Å². The van der Waals surface area contributed by atoms with Crippen LogP contribution in [0, 0.1) is 0 Å². The third kappa shape index (κ3) is 2.08. The highest BCUT2D eigenvalue weighted by Crippen LogP contribution is 2.49. The molecule has 10 rings (SSSR count). The fraction of sp³-hybridized carbons (Fsp3) is 0. The van der Waals surface area contributed by atoms with E-state index in [1.165, 1.54) is 72.1 Å². The Kier molecular flexibility index (Phi) is 3.27. The van der Waals surface area contributed by atoms with E-state index in [0.717, 1.165) is 11.2 Å². The second-order valence-electron chi connectivity index (χ2n) is 10.5. The van der Waals surface area contributed by atoms with Gasteiger partial charge in [0.05, 0.1) is 0 Å². The molecule has 0 bridgehead atoms. The number of hydrogen-bond acceptors (Lipinski definition) is 3. The van der Waals surface area contributed by atoms with Gasteiger partial charge in [-0.3, -0.25) is 0 Å². The van der Waals surface area contributed by atoms with Crippen LogP contribution >= 0.6 is 0 Å². The van der Waals surface area contributed by atoms with E-state index >= 15 is 0 Å². The van der Waals surface area contributed by atoms with Gasteiger partial charge >= 0.3 is 0 Å². The van der Waals surface area contributed by atoms with Gasteiger partial charge in [0.25, 0.3) is 6.71 Å². The van der Waals surface area contributed by atoms with Gasteiger partial charge in [0.2, 0.25) is 0 Å². The molecule has 4 heteroatoms. The summed E-state index contributed by atoms with van der Waals surface area (Å²) in [6.07, 6.45) is 0. The summed E-state index contributed by atoms with van der Waals surface area (Å²) in [5, 5.41) is 5.14. The fourth-order valence-electron chi connectivity index (χ4n) is 7.40. The lowest BCUT2D eigenvalue weighted by Gasteiger charge is -2.45. The molecule has 0 unspecified atom stereocenters. The van der Waals surface area contributed by atoms with Crippen LogP contribution in [-0.2, 0) is 0 Å². The van der Waals surface area contributed by atoms with E-state index in [2.05, 4.69) is 125 Å². The standard InChI is InChI=1S/C34H19BN2O/c1-3-8-21(9-4-1)36-23-12-7-13-24-32(23)35-33-25(36)16-14-20-15-18-27-30(29(20)33)31-28(38-27)19-17-26(34(31)35)37(24)22-10-5-2-6-11-22/h1-19H. The molecule has 4 heterocycles. The van der Waals surface area contributed by atoms with Gasteiger partial charge in [0.1, 0.15) is 11.2 Å². The molecule has 6 aromatic carbocycles. The zero-order chi connectivity index (χ0) is 24.5. The summed E-state index contributed by atoms with van der Waals surface area (Å²) in [5.41, 5.74) is 13.4. The van der Waals surface area contributed by atoms with Gasteiger partial charge in [-0.05, 0) is 87.8 Å². The average molecular weight is 482 g/mol. The summed E-state index contributed by atoms with van der Waals surface area (Å²) < 4.78 is 6.51. The summed E-state index contributed by atoms with van der Waals surface area (Å²) in [6.45, 7) is 0.147. The Morgan fingerprint density at radius 3 is 1.63 bits per heavy atom. The minimum atomic E-state index is 0.147. The van der Waals surface area contributed by atoms with Gasteiger partial charge in [-0.25, -0.2) is 0 Å². The summed E-state index contributed by atoms with van der Waals surface area (Å²) >= 11 is 0. The molecule has 0 aliphatic carbocycles. The highest BCUT2D eigenvalue weighted by atomic mass is 16.3. The van der Waals surface area contributed by atoms with E-state index in [4.69, 9.17) is 4.42 Å². The maximum atomic E-state index is 6.51. The molecule has 38 heavy (non-hydrogen) atoms. The number of furan rings is 1. The maximum absolute atomic E-state index is 6.51. The normalized spacial score (nSPS) is 14.2. The van der Waals surface area contributed by atoms with Crippen LogP contribution in [0.2, 0.25) is 0 Å². The van der Waals surface area contributed by atoms with Crippen LogP contribution in [0.5, 0.6) is 0 Å². The van der Waals surface area contributed by atoms with Gasteiger partial charge in [0, 0.05) is 44.9 Å². The number of anilines is 6. The molecule has 174 valence electrons. The highest BCUT2D eigenvalue weighted by Gasteiger charge is 2.47. The number of benzene rings is 6. The smallest absolute Gasteiger partial charge is 0.253 e. The minimum Gasteiger partial charge on any atom is -0.456 e. The van der Waals surface area contributed by atoms with Crippen LogP contribution in [0.15, 0.2) is 120 Å². The lowest BCUT2D eigenvalue weighted by molar-refractivity contribution is 0.669. The molecule has 0 amide bonds. The molecule has 0 saturated heterocycles. The van der Waals surface area contributed by atoms with E-state index in [0.29, 0.717) is 0 Å². The van der Waals surface area contributed by atoms with E-state index in [-0.39, 0.29) is 6.71 Å². The summed E-state index contributed by atoms with van der Waals surface area (Å²) in [5.74, 6) is 0. The predicted molar refractivity (Wildman–Crippen MR) is 159 cm³/mol. The first-order valence-corrected chi connectivity index (χ1v) is 13.2. The van der Waals surface area contributed by atoms with Crippen LogP contribution < -0.4 is 26.2 Å². The van der Waals surface area contributed by atoms with Crippen LogP contribution in [0.3, 0.4) is 0 Å². The zero-order valence-electron chi connectivity index (χ0n) is 20.3. The molecule has 3 aliphatic rings. The molecule has 0 radical (unpaired) electrons. The van der Waals surface area contributed by atoms with Crippen LogP contribution in [-0.4, -0.2) is 6.71 Å². The molecule has 0 N–H and O–H groups in total. The van der Waals surface area contributed by atoms with Crippen LogP contribution in [0.4, 0.5) is 34.1 Å². The maximum Gasteiger partial charge on any atom is 0.253 e. The van der Waals surface area contributed by atoms with Crippen molar-refractivity contribution < 1.29 is 4.42 Å². The Labute approximate surface area is 219 Å². The van der Waals surface area contributed by atoms with Crippen LogP contribution in [0.1, 0.15) is 0 Å². The summed E-state index contributed by atoms with van der Waals surface area (Å²) in [4.78, 5) is 4.91. The minimum absolute atomic E-state index is 0.147. The Morgan fingerprint density at radius 1 is 0.421 bits per heavy atom. The quantitative estimate of drug-likeness (QED) is 0.244. The van der Waals surface area contributed by atoms with Gasteiger partial charge in [-0.15, -0.1) is 0 Å². The van der Waals surface area contributed by atoms with Gasteiger partial charge in [-0.2, -0.15) is 0 Å². The topological polar surface area (TPSA) is 19.6 Å². The monoisotopic (exact) mass is 482 g/mol. The second-order valence-corrected chi connectivity index (χ2v) is 10.5. The van der Waals surface area contributed by atoms with Crippen molar-refractivity contribution in [1.82, 2.24) is 0 Å². The van der Waals surface area contributed by atoms with E-state index in [9.17, 15) is 0 Å². The van der Waals surface area contributed by atoms with E-state index in [1.54, 1.807) is 0 Å². The van der Waals surface area contributed by atoms with Crippen molar-refractivity contribution in [2.45, 2.75) is 0 Å². The molecule has 0 saturated carbocycles. The first-order chi connectivity index (χ1) is 18.9. The molecular formula is C34H19BN2O. The highest BCUT2D eigenvalue weighted by molar-refractivity contribution is 7.04. The molecule has 3 aliphatic heterocycles. The number of hydrogen-bond donors (Lipinski definition) is 0. The fourth-order valence-corrected chi connectivity index (χ4v) is 7.40. The molecule has 1 aromatic heterocycles. The van der Waals surface area contributed by atoms with Gasteiger partial charge < -0.3 is 14.2 Å². The van der Waals surface area contributed by atoms with Crippen molar-refractivity contribution >= 4 is 89.9 Å². The third-order valence-corrected chi connectivity index (χ3v) is 8.74. The molecule has 0 atom stereocenters. The Bertz CT molecular complexity index is 2130. The Hall–Kier alpha value is -4.96. The van der Waals surface area contributed by atoms with Gasteiger partial charge in [-0.1, -0.05) is 54.6 Å². The molecule has 3 nitrogen and oxygen atoms in total. The number of nitrogens with zero attached hydrogens (tertiary/aromatic N) is 2. The molecule has 0 fully saturated rings. The summed E-state index contributed by atoms with van der Waals surface area (Å²) in [6, 6.07) is 41.7. The average Bonchev–Trinajstić information content (AvgIpc) is 3.37. The molecule has 0 spiro atoms. The largest absolute Gasteiger partial charge is 0.456 e. The third-order valence-electron chi connectivity index (χ3n) is 8.74. The van der Waals surface area contributed by atoms with Crippen LogP contribution in [0.25, 0.3) is 32.7 Å². The molecular weight excluding hydrogens is 463 g/mol. The van der Waals surface area contributed by atoms with Crippen molar-refractivity contribution in [2.75, 3.05) is 9.80 Å². The molecule has 7 aromatic rings. The van der Waals surface area contributed by atoms with Crippen molar-refractivity contribution in [3.05, 3.63) is 115 Å². The van der Waals surface area contributed by atoms with Crippen molar-refractivity contribution in [3.8, 4) is 0 Å². The number of rotatable bonds is 2. The Balaban J connectivity index is 1.47. The first-order valence-electron chi connectivity index (χ1n) is 13.2. The SMILES string of the molecule is c1ccc(N2c3cccc4c3B3c5c2ccc2ccc6oc7ccc(c3c7c6c52)N4c2ccccc2)cc1. The zero-order valence-corrected chi connectivity index (χ0v) is 20.3. The van der Waals surface area contributed by atoms with Crippen molar-refractivity contribution in [1.29, 1.82) is 0 Å². The van der Waals surface area contributed by atoms with E-state index in [1.807, 2.05) is 0 Å². The number of para-hydroxylation sites is 2. The lowest BCUT2D eigenvalue weighted by atomic mass is 9.31.